The molecule has 0 amide bonds. The third-order valence-corrected chi connectivity index (χ3v) is 7.61. The molecule has 0 spiro atoms. The molecule has 0 atom stereocenters. The number of halogens is 1. The number of aromatic nitrogens is 2. The van der Waals surface area contributed by atoms with E-state index >= 15 is 0 Å². The quantitative estimate of drug-likeness (QED) is 0.155. The maximum Gasteiger partial charge on any atom is 0.314 e. The standard InChI is InChI=1S/C30H43FN2O2/c1-3-5-7-8-9-13-17-26-28(31)33-27(23-32-26)30(20-14-6-4-2)21-18-24(19-22-30)29(34)35-25-15-11-10-12-16-25/h10-12,15-16,23-24H,3-9,13-14,17-22H2,1-2H3/t24-,30+. The van der Waals surface area contributed by atoms with Gasteiger partial charge in [-0.3, -0.25) is 9.78 Å². The molecule has 1 saturated carbocycles. The number of nitrogens with zero attached hydrogens (tertiary/aromatic N) is 2. The van der Waals surface area contributed by atoms with E-state index < -0.39 is 5.95 Å². The van der Waals surface area contributed by atoms with E-state index in [1.54, 1.807) is 12.1 Å². The lowest BCUT2D eigenvalue weighted by Gasteiger charge is -2.39. The average Bonchev–Trinajstić information content (AvgIpc) is 2.88. The monoisotopic (exact) mass is 482 g/mol. The van der Waals surface area contributed by atoms with Crippen LogP contribution in [0.2, 0.25) is 0 Å². The van der Waals surface area contributed by atoms with Crippen molar-refractivity contribution in [2.24, 2.45) is 5.92 Å². The van der Waals surface area contributed by atoms with Gasteiger partial charge >= 0.3 is 5.97 Å². The minimum Gasteiger partial charge on any atom is -0.426 e. The SMILES string of the molecule is CCCCCCCCc1ncc([C@]2(CCCCC)CC[C@H](C(=O)Oc3ccccc3)CC2)nc1F. The van der Waals surface area contributed by atoms with E-state index in [9.17, 15) is 9.18 Å². The number of para-hydroxylation sites is 1. The summed E-state index contributed by atoms with van der Waals surface area (Å²) >= 11 is 0. The van der Waals surface area contributed by atoms with E-state index in [0.29, 0.717) is 17.9 Å². The predicted octanol–water partition coefficient (Wildman–Crippen LogP) is 8.13. The van der Waals surface area contributed by atoms with Crippen LogP contribution in [0, 0.1) is 11.9 Å². The van der Waals surface area contributed by atoms with Crippen LogP contribution in [-0.4, -0.2) is 15.9 Å². The summed E-state index contributed by atoms with van der Waals surface area (Å²) in [4.78, 5) is 21.8. The number of carbonyl (C=O) groups excluding carboxylic acids is 1. The van der Waals surface area contributed by atoms with Crippen LogP contribution in [0.3, 0.4) is 0 Å². The zero-order valence-electron chi connectivity index (χ0n) is 21.7. The van der Waals surface area contributed by atoms with Crippen LogP contribution in [0.1, 0.15) is 115 Å². The van der Waals surface area contributed by atoms with Gasteiger partial charge in [0.05, 0.1) is 17.3 Å². The molecule has 192 valence electrons. The molecule has 1 heterocycles. The lowest BCUT2D eigenvalue weighted by atomic mass is 9.66. The first-order valence-electron chi connectivity index (χ1n) is 13.9. The summed E-state index contributed by atoms with van der Waals surface area (Å²) in [7, 11) is 0. The highest BCUT2D eigenvalue weighted by Gasteiger charge is 2.40. The molecule has 1 aromatic carbocycles. The van der Waals surface area contributed by atoms with E-state index in [2.05, 4.69) is 23.8 Å². The van der Waals surface area contributed by atoms with Gasteiger partial charge in [-0.15, -0.1) is 0 Å². The molecule has 35 heavy (non-hydrogen) atoms. The molecule has 4 nitrogen and oxygen atoms in total. The second kappa shape index (κ2) is 14.3. The first kappa shape index (κ1) is 27.3. The number of esters is 1. The van der Waals surface area contributed by atoms with E-state index in [0.717, 1.165) is 69.9 Å². The number of unbranched alkanes of at least 4 members (excludes halogenated alkanes) is 7. The largest absolute Gasteiger partial charge is 0.426 e. The van der Waals surface area contributed by atoms with Crippen LogP contribution < -0.4 is 4.74 Å². The molecule has 1 aliphatic rings. The first-order chi connectivity index (χ1) is 17.1. The van der Waals surface area contributed by atoms with Crippen molar-refractivity contribution in [2.75, 3.05) is 0 Å². The van der Waals surface area contributed by atoms with Gasteiger partial charge in [0, 0.05) is 11.6 Å². The molecule has 1 fully saturated rings. The van der Waals surface area contributed by atoms with Crippen LogP contribution in [0.4, 0.5) is 4.39 Å². The van der Waals surface area contributed by atoms with Crippen LogP contribution >= 0.6 is 0 Å². The molecule has 3 rings (SSSR count). The molecule has 0 bridgehead atoms. The molecule has 0 radical (unpaired) electrons. The number of hydrogen-bond acceptors (Lipinski definition) is 4. The number of carbonyl (C=O) groups is 1. The fourth-order valence-corrected chi connectivity index (χ4v) is 5.33. The summed E-state index contributed by atoms with van der Waals surface area (Å²) in [5.74, 6) is -0.105. The number of benzene rings is 1. The summed E-state index contributed by atoms with van der Waals surface area (Å²) in [5.41, 5.74) is 1.06. The summed E-state index contributed by atoms with van der Waals surface area (Å²) in [6.45, 7) is 4.41. The Morgan fingerprint density at radius 3 is 2.31 bits per heavy atom. The van der Waals surface area contributed by atoms with Gasteiger partial charge in [-0.25, -0.2) is 4.98 Å². The van der Waals surface area contributed by atoms with E-state index in [4.69, 9.17) is 4.74 Å². The van der Waals surface area contributed by atoms with Gasteiger partial charge in [-0.1, -0.05) is 83.4 Å². The van der Waals surface area contributed by atoms with Crippen LogP contribution in [0.5, 0.6) is 5.75 Å². The van der Waals surface area contributed by atoms with Crippen LogP contribution in [0.25, 0.3) is 0 Å². The Bertz CT molecular complexity index is 894. The third kappa shape index (κ3) is 8.12. The number of hydrogen-bond donors (Lipinski definition) is 0. The van der Waals surface area contributed by atoms with E-state index in [1.165, 1.54) is 25.7 Å². The van der Waals surface area contributed by atoms with Gasteiger partial charge in [-0.2, -0.15) is 4.39 Å². The van der Waals surface area contributed by atoms with Gasteiger partial charge in [0.25, 0.3) is 0 Å². The van der Waals surface area contributed by atoms with Crippen molar-refractivity contribution >= 4 is 5.97 Å². The van der Waals surface area contributed by atoms with E-state index in [1.807, 2.05) is 24.4 Å². The van der Waals surface area contributed by atoms with Gasteiger partial charge < -0.3 is 4.74 Å². The highest BCUT2D eigenvalue weighted by atomic mass is 19.1. The molecule has 1 aliphatic carbocycles. The maximum absolute atomic E-state index is 15.0. The topological polar surface area (TPSA) is 52.1 Å². The molecule has 1 aromatic heterocycles. The predicted molar refractivity (Wildman–Crippen MR) is 139 cm³/mol. The van der Waals surface area contributed by atoms with Crippen molar-refractivity contribution in [2.45, 2.75) is 116 Å². The Kier molecular flexibility index (Phi) is 11.2. The fourth-order valence-electron chi connectivity index (χ4n) is 5.33. The van der Waals surface area contributed by atoms with Crippen LogP contribution in [0.15, 0.2) is 36.5 Å². The lowest BCUT2D eigenvalue weighted by Crippen LogP contribution is -2.36. The number of ether oxygens (including phenoxy) is 1. The van der Waals surface area contributed by atoms with Crippen molar-refractivity contribution in [3.05, 3.63) is 53.9 Å². The van der Waals surface area contributed by atoms with Gasteiger partial charge in [-0.05, 0) is 57.1 Å². The zero-order valence-corrected chi connectivity index (χ0v) is 21.7. The molecule has 0 aliphatic heterocycles. The zero-order chi connectivity index (χ0) is 24.9. The van der Waals surface area contributed by atoms with Gasteiger partial charge in [0.2, 0.25) is 5.95 Å². The summed E-state index contributed by atoms with van der Waals surface area (Å²) in [5, 5.41) is 0. The lowest BCUT2D eigenvalue weighted by molar-refractivity contribution is -0.140. The van der Waals surface area contributed by atoms with Crippen LogP contribution in [-0.2, 0) is 16.6 Å². The molecular weight excluding hydrogens is 439 g/mol. The summed E-state index contributed by atoms with van der Waals surface area (Å²) in [6.07, 6.45) is 16.9. The first-order valence-corrected chi connectivity index (χ1v) is 13.9. The second-order valence-corrected chi connectivity index (χ2v) is 10.3. The Hall–Kier alpha value is -2.30. The van der Waals surface area contributed by atoms with Crippen molar-refractivity contribution in [1.82, 2.24) is 9.97 Å². The number of rotatable bonds is 14. The summed E-state index contributed by atoms with van der Waals surface area (Å²) < 4.78 is 20.6. The minimum atomic E-state index is -0.406. The van der Waals surface area contributed by atoms with Gasteiger partial charge in [0.15, 0.2) is 0 Å². The highest BCUT2D eigenvalue weighted by molar-refractivity contribution is 5.75. The number of aryl methyl sites for hydroxylation is 1. The molecule has 0 saturated heterocycles. The van der Waals surface area contributed by atoms with Crippen molar-refractivity contribution < 1.29 is 13.9 Å². The van der Waals surface area contributed by atoms with E-state index in [-0.39, 0.29) is 17.3 Å². The Morgan fingerprint density at radius 1 is 0.971 bits per heavy atom. The highest BCUT2D eigenvalue weighted by Crippen LogP contribution is 2.45. The fraction of sp³-hybridized carbons (Fsp3) is 0.633. The molecule has 2 aromatic rings. The normalized spacial score (nSPS) is 20.0. The Morgan fingerprint density at radius 2 is 1.63 bits per heavy atom. The molecule has 0 unspecified atom stereocenters. The average molecular weight is 483 g/mol. The minimum absolute atomic E-state index is 0.126. The summed E-state index contributed by atoms with van der Waals surface area (Å²) in [6, 6.07) is 9.25. The van der Waals surface area contributed by atoms with Gasteiger partial charge in [0.1, 0.15) is 5.75 Å². The Labute approximate surface area is 211 Å². The molecule has 5 heteroatoms. The molecule has 0 N–H and O–H groups in total. The molecular formula is C30H43FN2O2. The van der Waals surface area contributed by atoms with Crippen molar-refractivity contribution in [3.8, 4) is 5.75 Å². The van der Waals surface area contributed by atoms with Crippen molar-refractivity contribution in [1.29, 1.82) is 0 Å². The second-order valence-electron chi connectivity index (χ2n) is 10.3. The maximum atomic E-state index is 15.0. The third-order valence-electron chi connectivity index (χ3n) is 7.61. The van der Waals surface area contributed by atoms with Crippen molar-refractivity contribution in [3.63, 3.8) is 0 Å². The smallest absolute Gasteiger partial charge is 0.314 e. The Balaban J connectivity index is 1.63.